The van der Waals surface area contributed by atoms with E-state index < -0.39 is 21.9 Å². The van der Waals surface area contributed by atoms with E-state index in [-0.39, 0.29) is 41.2 Å². The van der Waals surface area contributed by atoms with E-state index in [2.05, 4.69) is 25.2 Å². The van der Waals surface area contributed by atoms with Crippen LogP contribution in [0.1, 0.15) is 25.7 Å². The van der Waals surface area contributed by atoms with E-state index in [4.69, 9.17) is 20.3 Å². The fourth-order valence-electron chi connectivity index (χ4n) is 2.49. The third kappa shape index (κ3) is 7.92. The van der Waals surface area contributed by atoms with Crippen molar-refractivity contribution in [2.24, 2.45) is 10.8 Å². The maximum atomic E-state index is 12.7. The molecular formula is C19H24N6O7S. The van der Waals surface area contributed by atoms with Crippen molar-refractivity contribution in [3.8, 4) is 11.9 Å². The Morgan fingerprint density at radius 2 is 1.76 bits per heavy atom. The van der Waals surface area contributed by atoms with Gasteiger partial charge in [0.1, 0.15) is 5.71 Å². The van der Waals surface area contributed by atoms with E-state index in [0.717, 1.165) is 0 Å². The number of aromatic nitrogens is 2. The monoisotopic (exact) mass is 480 g/mol. The zero-order valence-electron chi connectivity index (χ0n) is 17.9. The van der Waals surface area contributed by atoms with Crippen LogP contribution in [0.2, 0.25) is 0 Å². The van der Waals surface area contributed by atoms with E-state index in [9.17, 15) is 18.0 Å². The molecule has 0 aliphatic rings. The maximum Gasteiger partial charge on any atom is 0.321 e. The van der Waals surface area contributed by atoms with E-state index in [1.165, 1.54) is 44.6 Å². The zero-order valence-corrected chi connectivity index (χ0v) is 18.8. The van der Waals surface area contributed by atoms with Crippen LogP contribution >= 0.6 is 0 Å². The normalized spacial score (nSPS) is 11.5. The van der Waals surface area contributed by atoms with Crippen LogP contribution in [0, 0.1) is 0 Å². The number of benzene rings is 1. The van der Waals surface area contributed by atoms with Gasteiger partial charge in [-0.25, -0.2) is 8.42 Å². The van der Waals surface area contributed by atoms with Gasteiger partial charge in [0.25, 0.3) is 15.9 Å². The minimum atomic E-state index is -3.98. The second kappa shape index (κ2) is 11.6. The highest BCUT2D eigenvalue weighted by Crippen LogP contribution is 2.21. The SMILES string of the molecule is COc1cc(NS(=O)(=O)c2ccc(N/N=C(/CCCCC(=O)O)C(N)=O)cc2)nc(OC)n1. The molecule has 0 fully saturated rings. The summed E-state index contributed by atoms with van der Waals surface area (Å²) in [6.07, 6.45) is 0.998. The highest BCUT2D eigenvalue weighted by atomic mass is 32.2. The minimum absolute atomic E-state index is 0.0159. The summed E-state index contributed by atoms with van der Waals surface area (Å²) < 4.78 is 37.5. The molecule has 13 nitrogen and oxygen atoms in total. The van der Waals surface area contributed by atoms with Crippen LogP contribution in [0.3, 0.4) is 0 Å². The predicted molar refractivity (Wildman–Crippen MR) is 119 cm³/mol. The molecule has 0 unspecified atom stereocenters. The summed E-state index contributed by atoms with van der Waals surface area (Å²) in [6.45, 7) is 0. The Balaban J connectivity index is 2.08. The number of nitrogens with zero attached hydrogens (tertiary/aromatic N) is 3. The van der Waals surface area contributed by atoms with Gasteiger partial charge in [0.2, 0.25) is 5.88 Å². The Labute approximate surface area is 190 Å². The number of primary amides is 1. The number of carbonyl (C=O) groups excluding carboxylic acids is 1. The van der Waals surface area contributed by atoms with E-state index in [1.54, 1.807) is 0 Å². The van der Waals surface area contributed by atoms with Gasteiger partial charge in [0, 0.05) is 12.5 Å². The van der Waals surface area contributed by atoms with Crippen LogP contribution in [0.15, 0.2) is 40.3 Å². The smallest absolute Gasteiger partial charge is 0.321 e. The Morgan fingerprint density at radius 3 is 2.33 bits per heavy atom. The third-order valence-corrected chi connectivity index (χ3v) is 5.51. The number of unbranched alkanes of at least 4 members (excludes halogenated alkanes) is 1. The lowest BCUT2D eigenvalue weighted by Crippen LogP contribution is -2.24. The summed E-state index contributed by atoms with van der Waals surface area (Å²) >= 11 is 0. The van der Waals surface area contributed by atoms with Crippen molar-refractivity contribution in [2.75, 3.05) is 24.4 Å². The molecule has 1 heterocycles. The molecule has 0 aliphatic carbocycles. The molecule has 1 aromatic heterocycles. The van der Waals surface area contributed by atoms with Gasteiger partial charge in [-0.1, -0.05) is 0 Å². The van der Waals surface area contributed by atoms with Gasteiger partial charge < -0.3 is 20.3 Å². The van der Waals surface area contributed by atoms with Gasteiger partial charge in [0.15, 0.2) is 5.82 Å². The number of carboxylic acid groups (broad SMARTS) is 1. The Bertz CT molecular complexity index is 1100. The topological polar surface area (TPSA) is 195 Å². The number of aliphatic carboxylic acids is 1. The van der Waals surface area contributed by atoms with Crippen molar-refractivity contribution in [2.45, 2.75) is 30.6 Å². The quantitative estimate of drug-likeness (QED) is 0.184. The number of carboxylic acids is 1. The second-order valence-electron chi connectivity index (χ2n) is 6.55. The summed E-state index contributed by atoms with van der Waals surface area (Å²) in [5.74, 6) is -1.59. The molecule has 2 rings (SSSR count). The summed E-state index contributed by atoms with van der Waals surface area (Å²) in [4.78, 5) is 29.8. The molecule has 14 heteroatoms. The highest BCUT2D eigenvalue weighted by molar-refractivity contribution is 7.92. The first-order chi connectivity index (χ1) is 15.6. The van der Waals surface area contributed by atoms with E-state index in [1.807, 2.05) is 0 Å². The van der Waals surface area contributed by atoms with Crippen LogP contribution in [0.25, 0.3) is 0 Å². The molecule has 5 N–H and O–H groups in total. The average Bonchev–Trinajstić information content (AvgIpc) is 2.77. The summed E-state index contributed by atoms with van der Waals surface area (Å²) in [5, 5.41) is 12.6. The number of hydrogen-bond acceptors (Lipinski definition) is 10. The minimum Gasteiger partial charge on any atom is -0.481 e. The molecule has 1 amide bonds. The van der Waals surface area contributed by atoms with Crippen molar-refractivity contribution in [1.29, 1.82) is 0 Å². The molecule has 0 aliphatic heterocycles. The molecule has 33 heavy (non-hydrogen) atoms. The van der Waals surface area contributed by atoms with E-state index >= 15 is 0 Å². The number of hydrazone groups is 1. The Morgan fingerprint density at radius 1 is 1.09 bits per heavy atom. The maximum absolute atomic E-state index is 12.7. The molecule has 0 spiro atoms. The van der Waals surface area contributed by atoms with Crippen LogP contribution in [0.5, 0.6) is 11.9 Å². The molecule has 0 saturated carbocycles. The number of sulfonamides is 1. The van der Waals surface area contributed by atoms with Gasteiger partial charge in [-0.05, 0) is 43.5 Å². The Hall–Kier alpha value is -3.94. The average molecular weight is 481 g/mol. The van der Waals surface area contributed by atoms with E-state index in [0.29, 0.717) is 18.5 Å². The van der Waals surface area contributed by atoms with Gasteiger partial charge in [0.05, 0.1) is 24.8 Å². The molecule has 1 aromatic carbocycles. The zero-order chi connectivity index (χ0) is 24.4. The number of amides is 1. The number of nitrogens with one attached hydrogen (secondary N) is 2. The van der Waals surface area contributed by atoms with Crippen molar-refractivity contribution in [1.82, 2.24) is 9.97 Å². The number of ether oxygens (including phenoxy) is 2. The fraction of sp³-hybridized carbons (Fsp3) is 0.316. The van der Waals surface area contributed by atoms with Gasteiger partial charge in [-0.2, -0.15) is 15.1 Å². The predicted octanol–water partition coefficient (Wildman–Crippen LogP) is 1.19. The highest BCUT2D eigenvalue weighted by Gasteiger charge is 2.17. The lowest BCUT2D eigenvalue weighted by Gasteiger charge is -2.10. The van der Waals surface area contributed by atoms with Crippen LogP contribution in [-0.2, 0) is 19.6 Å². The number of methoxy groups -OCH3 is 2. The number of hydrogen-bond donors (Lipinski definition) is 4. The summed E-state index contributed by atoms with van der Waals surface area (Å²) in [7, 11) is -1.28. The fourth-order valence-corrected chi connectivity index (χ4v) is 3.48. The van der Waals surface area contributed by atoms with Crippen molar-refractivity contribution in [3.05, 3.63) is 30.3 Å². The van der Waals surface area contributed by atoms with Crippen molar-refractivity contribution < 1.29 is 32.6 Å². The second-order valence-corrected chi connectivity index (χ2v) is 8.23. The number of anilines is 2. The molecule has 0 radical (unpaired) electrons. The molecular weight excluding hydrogens is 456 g/mol. The molecule has 0 bridgehead atoms. The molecule has 0 saturated heterocycles. The van der Waals surface area contributed by atoms with Crippen molar-refractivity contribution >= 4 is 39.1 Å². The lowest BCUT2D eigenvalue weighted by atomic mass is 10.1. The van der Waals surface area contributed by atoms with Crippen LogP contribution in [0.4, 0.5) is 11.5 Å². The van der Waals surface area contributed by atoms with Gasteiger partial charge >= 0.3 is 12.0 Å². The first kappa shape index (κ1) is 25.3. The molecule has 0 atom stereocenters. The van der Waals surface area contributed by atoms with Gasteiger partial charge in [-0.15, -0.1) is 0 Å². The van der Waals surface area contributed by atoms with Crippen molar-refractivity contribution in [3.63, 3.8) is 0 Å². The van der Waals surface area contributed by atoms with Crippen LogP contribution in [-0.4, -0.2) is 55.3 Å². The molecule has 178 valence electrons. The summed E-state index contributed by atoms with van der Waals surface area (Å²) in [6, 6.07) is 6.77. The third-order valence-electron chi connectivity index (χ3n) is 4.14. The Kier molecular flexibility index (Phi) is 8.91. The largest absolute Gasteiger partial charge is 0.481 e. The number of rotatable bonds is 13. The van der Waals surface area contributed by atoms with Crippen LogP contribution < -0.4 is 25.4 Å². The standard InChI is InChI=1S/C19H24N6O7S/c1-31-16-11-15(21-19(22-16)32-2)25-33(29,30)13-9-7-12(8-10-13)23-24-14(18(20)28)5-3-4-6-17(26)27/h7-11,23H,3-6H2,1-2H3,(H2,20,28)(H,26,27)(H,21,22,25)/b24-14-. The van der Waals surface area contributed by atoms with Gasteiger partial charge in [-0.3, -0.25) is 19.7 Å². The lowest BCUT2D eigenvalue weighted by molar-refractivity contribution is -0.137. The number of nitrogens with two attached hydrogens (primary N) is 1. The molecule has 2 aromatic rings. The number of carbonyl (C=O) groups is 2. The first-order valence-corrected chi connectivity index (χ1v) is 11.1. The summed E-state index contributed by atoms with van der Waals surface area (Å²) in [5.41, 5.74) is 8.39. The first-order valence-electron chi connectivity index (χ1n) is 9.58.